The molecule has 2 aliphatic rings. The highest BCUT2D eigenvalue weighted by molar-refractivity contribution is 7.13. The highest BCUT2D eigenvalue weighted by Crippen LogP contribution is 2.37. The molecule has 0 unspecified atom stereocenters. The Morgan fingerprint density at radius 2 is 1.62 bits per heavy atom. The van der Waals surface area contributed by atoms with Crippen LogP contribution in [0.4, 0.5) is 5.82 Å². The minimum Gasteiger partial charge on any atom is -0.493 e. The molecule has 2 heterocycles. The maximum atomic E-state index is 5.48. The van der Waals surface area contributed by atoms with Gasteiger partial charge in [0.05, 0.1) is 18.9 Å². The minimum absolute atomic E-state index is 0.675. The van der Waals surface area contributed by atoms with Crippen LogP contribution in [0.2, 0.25) is 0 Å². The van der Waals surface area contributed by atoms with E-state index in [0.717, 1.165) is 62.9 Å². The van der Waals surface area contributed by atoms with E-state index >= 15 is 0 Å². The molecule has 29 heavy (non-hydrogen) atoms. The Morgan fingerprint density at radius 3 is 2.28 bits per heavy atom. The van der Waals surface area contributed by atoms with Gasteiger partial charge in [0.15, 0.2) is 11.5 Å². The average Bonchev–Trinajstić information content (AvgIpc) is 3.36. The average molecular weight is 410 g/mol. The van der Waals surface area contributed by atoms with Gasteiger partial charge in [0, 0.05) is 38.1 Å². The van der Waals surface area contributed by atoms with Crippen molar-refractivity contribution in [1.29, 1.82) is 0 Å². The second kappa shape index (κ2) is 7.84. The van der Waals surface area contributed by atoms with E-state index in [-0.39, 0.29) is 0 Å². The van der Waals surface area contributed by atoms with Crippen LogP contribution in [0, 0.1) is 5.92 Å². The molecule has 1 aromatic heterocycles. The number of methoxy groups -OCH3 is 2. The molecule has 0 atom stereocenters. The van der Waals surface area contributed by atoms with Crippen LogP contribution in [0.5, 0.6) is 11.5 Å². The van der Waals surface area contributed by atoms with Crippen LogP contribution in [0.25, 0.3) is 10.1 Å². The van der Waals surface area contributed by atoms with E-state index in [0.29, 0.717) is 5.92 Å². The normalized spacial score (nSPS) is 17.7. The number of anilines is 1. The van der Waals surface area contributed by atoms with Crippen LogP contribution in [-0.2, 0) is 12.8 Å². The van der Waals surface area contributed by atoms with E-state index in [1.807, 2.05) is 0 Å². The smallest absolute Gasteiger partial charge is 0.161 e. The van der Waals surface area contributed by atoms with Crippen LogP contribution in [-0.4, -0.2) is 56.2 Å². The lowest BCUT2D eigenvalue weighted by atomic mass is 10.1. The molecule has 1 aliphatic heterocycles. The van der Waals surface area contributed by atoms with Crippen LogP contribution in [0.15, 0.2) is 36.4 Å². The summed E-state index contributed by atoms with van der Waals surface area (Å²) >= 11 is 1.61. The number of piperazine rings is 1. The summed E-state index contributed by atoms with van der Waals surface area (Å²) in [6, 6.07) is 12.9. The quantitative estimate of drug-likeness (QED) is 0.640. The zero-order valence-electron chi connectivity index (χ0n) is 17.1. The maximum Gasteiger partial charge on any atom is 0.161 e. The van der Waals surface area contributed by atoms with E-state index in [1.165, 1.54) is 21.2 Å². The van der Waals surface area contributed by atoms with Crippen molar-refractivity contribution in [2.45, 2.75) is 12.8 Å². The van der Waals surface area contributed by atoms with E-state index in [9.17, 15) is 0 Å². The van der Waals surface area contributed by atoms with Crippen molar-refractivity contribution in [1.82, 2.24) is 9.27 Å². The van der Waals surface area contributed by atoms with Crippen molar-refractivity contribution in [3.8, 4) is 11.5 Å². The van der Waals surface area contributed by atoms with Gasteiger partial charge in [-0.3, -0.25) is 4.90 Å². The molecule has 1 saturated heterocycles. The lowest BCUT2D eigenvalue weighted by molar-refractivity contribution is 0.221. The number of nitrogens with zero attached hydrogens (tertiary/aromatic N) is 3. The molecule has 0 amide bonds. The third-order valence-corrected chi connectivity index (χ3v) is 7.09. The Morgan fingerprint density at radius 1 is 0.966 bits per heavy atom. The van der Waals surface area contributed by atoms with E-state index in [1.54, 1.807) is 25.8 Å². The summed E-state index contributed by atoms with van der Waals surface area (Å²) in [5.41, 5.74) is 2.83. The zero-order valence-corrected chi connectivity index (χ0v) is 17.9. The molecule has 0 spiro atoms. The third kappa shape index (κ3) is 3.55. The van der Waals surface area contributed by atoms with Crippen LogP contribution < -0.4 is 14.4 Å². The molecule has 5 rings (SSSR count). The fourth-order valence-corrected chi connectivity index (χ4v) is 5.57. The van der Waals surface area contributed by atoms with Gasteiger partial charge in [-0.25, -0.2) is 0 Å². The summed E-state index contributed by atoms with van der Waals surface area (Å²) < 4.78 is 17.0. The molecular formula is C23H27N3O2S. The largest absolute Gasteiger partial charge is 0.493 e. The Kier molecular flexibility index (Phi) is 5.06. The molecule has 2 aromatic carbocycles. The number of hydrogen-bond donors (Lipinski definition) is 0. The number of benzene rings is 2. The van der Waals surface area contributed by atoms with Gasteiger partial charge >= 0.3 is 0 Å². The third-order valence-electron chi connectivity index (χ3n) is 6.27. The van der Waals surface area contributed by atoms with Gasteiger partial charge in [0.1, 0.15) is 5.82 Å². The van der Waals surface area contributed by atoms with Crippen molar-refractivity contribution in [2.24, 2.45) is 5.92 Å². The summed E-state index contributed by atoms with van der Waals surface area (Å²) in [5.74, 6) is 3.53. The van der Waals surface area contributed by atoms with Crippen LogP contribution in [0.3, 0.4) is 0 Å². The number of rotatable bonds is 5. The van der Waals surface area contributed by atoms with Crippen LogP contribution in [0.1, 0.15) is 11.1 Å². The number of fused-ring (bicyclic) bond motifs is 2. The molecule has 1 fully saturated rings. The lowest BCUT2D eigenvalue weighted by Gasteiger charge is -2.36. The lowest BCUT2D eigenvalue weighted by Crippen LogP contribution is -2.48. The second-order valence-corrected chi connectivity index (χ2v) is 8.85. The standard InChI is InChI=1S/C23H27N3O2S/c1-27-20-13-17-11-16(12-18(17)14-21(20)28-2)15-25-7-9-26(10-8-25)23-19-5-3-4-6-22(19)29-24-23/h3-6,13-14,16H,7-12,15H2,1-2H3. The molecule has 0 radical (unpaired) electrons. The SMILES string of the molecule is COc1cc2c(cc1OC)CC(CN1CCN(c3nsc4ccccc34)CC1)C2. The first-order valence-corrected chi connectivity index (χ1v) is 11.1. The number of ether oxygens (including phenoxy) is 2. The van der Waals surface area contributed by atoms with Crippen molar-refractivity contribution in [3.63, 3.8) is 0 Å². The van der Waals surface area contributed by atoms with Gasteiger partial charge in [0.25, 0.3) is 0 Å². The van der Waals surface area contributed by atoms with E-state index in [4.69, 9.17) is 13.8 Å². The molecule has 152 valence electrons. The van der Waals surface area contributed by atoms with Crippen molar-refractivity contribution in [3.05, 3.63) is 47.5 Å². The predicted molar refractivity (Wildman–Crippen MR) is 119 cm³/mol. The first-order valence-electron chi connectivity index (χ1n) is 10.3. The van der Waals surface area contributed by atoms with Crippen molar-refractivity contribution < 1.29 is 9.47 Å². The minimum atomic E-state index is 0.675. The summed E-state index contributed by atoms with van der Waals surface area (Å²) in [7, 11) is 3.42. The molecule has 3 aromatic rings. The van der Waals surface area contributed by atoms with Crippen LogP contribution >= 0.6 is 11.5 Å². The molecule has 5 nitrogen and oxygen atoms in total. The Labute approximate surface area is 176 Å². The Bertz CT molecular complexity index is 978. The zero-order chi connectivity index (χ0) is 19.8. The summed E-state index contributed by atoms with van der Waals surface area (Å²) in [4.78, 5) is 5.07. The second-order valence-electron chi connectivity index (χ2n) is 8.04. The molecule has 6 heteroatoms. The Balaban J connectivity index is 1.20. The molecule has 0 bridgehead atoms. The molecule has 0 N–H and O–H groups in total. The Hall–Kier alpha value is -2.31. The highest BCUT2D eigenvalue weighted by atomic mass is 32.1. The topological polar surface area (TPSA) is 37.8 Å². The molecule has 0 saturated carbocycles. The molecule has 1 aliphatic carbocycles. The van der Waals surface area contributed by atoms with E-state index < -0.39 is 0 Å². The monoisotopic (exact) mass is 409 g/mol. The van der Waals surface area contributed by atoms with Gasteiger partial charge in [-0.05, 0) is 65.7 Å². The van der Waals surface area contributed by atoms with Gasteiger partial charge < -0.3 is 14.4 Å². The highest BCUT2D eigenvalue weighted by Gasteiger charge is 2.27. The fraction of sp³-hybridized carbons (Fsp3) is 0.435. The summed E-state index contributed by atoms with van der Waals surface area (Å²) in [6.07, 6.45) is 2.26. The van der Waals surface area contributed by atoms with E-state index in [2.05, 4.69) is 46.2 Å². The first-order chi connectivity index (χ1) is 14.2. The van der Waals surface area contributed by atoms with Crippen molar-refractivity contribution >= 4 is 27.4 Å². The molecular weight excluding hydrogens is 382 g/mol. The van der Waals surface area contributed by atoms with Crippen molar-refractivity contribution in [2.75, 3.05) is 51.8 Å². The predicted octanol–water partition coefficient (Wildman–Crippen LogP) is 3.85. The number of aromatic nitrogens is 1. The fourth-order valence-electron chi connectivity index (χ4n) is 4.77. The van der Waals surface area contributed by atoms with Gasteiger partial charge in [-0.1, -0.05) is 12.1 Å². The van der Waals surface area contributed by atoms with Gasteiger partial charge in [0.2, 0.25) is 0 Å². The summed E-state index contributed by atoms with van der Waals surface area (Å²) in [5, 5.41) is 1.29. The van der Waals surface area contributed by atoms with Gasteiger partial charge in [-0.15, -0.1) is 0 Å². The van der Waals surface area contributed by atoms with Gasteiger partial charge in [-0.2, -0.15) is 4.37 Å². The first kappa shape index (κ1) is 18.7. The number of hydrogen-bond acceptors (Lipinski definition) is 6. The maximum absolute atomic E-state index is 5.48. The summed E-state index contributed by atoms with van der Waals surface area (Å²) in [6.45, 7) is 5.46.